The predicted octanol–water partition coefficient (Wildman–Crippen LogP) is 2.04. The van der Waals surface area contributed by atoms with Gasteiger partial charge in [-0.05, 0) is 29.3 Å². The molecule has 128 valence electrons. The van der Waals surface area contributed by atoms with Crippen molar-refractivity contribution in [1.82, 2.24) is 5.32 Å². The first-order valence-electron chi connectivity index (χ1n) is 8.14. The number of ether oxygens (including phenoxy) is 2. The van der Waals surface area contributed by atoms with Crippen LogP contribution in [-0.2, 0) is 16.0 Å². The average molecular weight is 339 g/mol. The number of para-hydroxylation sites is 1. The zero-order chi connectivity index (χ0) is 17.4. The Morgan fingerprint density at radius 3 is 2.80 bits per heavy atom. The van der Waals surface area contributed by atoms with Crippen molar-refractivity contribution in [3.05, 3.63) is 59.2 Å². The molecule has 2 unspecified atom stereocenters. The zero-order valence-electron chi connectivity index (χ0n) is 13.4. The van der Waals surface area contributed by atoms with Crippen molar-refractivity contribution >= 4 is 11.9 Å². The maximum atomic E-state index is 12.7. The molecule has 6 heteroatoms. The second-order valence-corrected chi connectivity index (χ2v) is 6.15. The Morgan fingerprint density at radius 1 is 1.12 bits per heavy atom. The molecule has 0 spiro atoms. The molecule has 2 aromatic rings. The van der Waals surface area contributed by atoms with Gasteiger partial charge in [0.2, 0.25) is 5.91 Å². The van der Waals surface area contributed by atoms with Crippen molar-refractivity contribution in [3.63, 3.8) is 0 Å². The molecular formula is C19H17NO5. The highest BCUT2D eigenvalue weighted by Crippen LogP contribution is 2.34. The first kappa shape index (κ1) is 15.5. The van der Waals surface area contributed by atoms with Gasteiger partial charge in [0.05, 0.1) is 6.61 Å². The molecule has 4 rings (SSSR count). The average Bonchev–Trinajstić information content (AvgIpc) is 3.25. The number of fused-ring (bicyclic) bond motifs is 2. The summed E-state index contributed by atoms with van der Waals surface area (Å²) in [5, 5.41) is 12.2. The van der Waals surface area contributed by atoms with Gasteiger partial charge in [0, 0.05) is 12.0 Å². The summed E-state index contributed by atoms with van der Waals surface area (Å²) in [6.07, 6.45) is 0.743. The minimum Gasteiger partial charge on any atom is -0.493 e. The summed E-state index contributed by atoms with van der Waals surface area (Å²) >= 11 is 0. The summed E-state index contributed by atoms with van der Waals surface area (Å²) in [7, 11) is 0. The summed E-state index contributed by atoms with van der Waals surface area (Å²) < 4.78 is 11.0. The second kappa shape index (κ2) is 6.12. The molecule has 1 amide bonds. The molecule has 0 bridgehead atoms. The molecule has 6 nitrogen and oxygen atoms in total. The first-order valence-corrected chi connectivity index (χ1v) is 8.14. The standard InChI is InChI=1S/C19H17NO5/c21-18(14-10-25-16-4-2-1-3-13(14)16)20-17(19(22)23)12-5-6-15-11(9-12)7-8-24-15/h1-6,9,14,17H,7-8,10H2,(H,20,21)(H,22,23). The Hall–Kier alpha value is -3.02. The van der Waals surface area contributed by atoms with Gasteiger partial charge in [0.1, 0.15) is 24.0 Å². The van der Waals surface area contributed by atoms with Crippen LogP contribution in [0.3, 0.4) is 0 Å². The molecule has 2 atom stereocenters. The molecule has 0 fully saturated rings. The molecule has 0 radical (unpaired) electrons. The smallest absolute Gasteiger partial charge is 0.330 e. The van der Waals surface area contributed by atoms with Crippen LogP contribution in [0.1, 0.15) is 28.7 Å². The van der Waals surface area contributed by atoms with Crippen LogP contribution >= 0.6 is 0 Å². The number of carbonyl (C=O) groups is 2. The van der Waals surface area contributed by atoms with Gasteiger partial charge < -0.3 is 19.9 Å². The largest absolute Gasteiger partial charge is 0.493 e. The monoisotopic (exact) mass is 339 g/mol. The lowest BCUT2D eigenvalue weighted by Gasteiger charge is -2.18. The van der Waals surface area contributed by atoms with E-state index in [1.54, 1.807) is 24.3 Å². The highest BCUT2D eigenvalue weighted by atomic mass is 16.5. The van der Waals surface area contributed by atoms with E-state index in [1.807, 2.05) is 18.2 Å². The minimum atomic E-state index is -1.11. The first-order chi connectivity index (χ1) is 12.1. The lowest BCUT2D eigenvalue weighted by Crippen LogP contribution is -2.37. The number of nitrogens with one attached hydrogen (secondary N) is 1. The summed E-state index contributed by atoms with van der Waals surface area (Å²) in [6.45, 7) is 0.814. The molecule has 25 heavy (non-hydrogen) atoms. The Balaban J connectivity index is 1.57. The second-order valence-electron chi connectivity index (χ2n) is 6.15. The van der Waals surface area contributed by atoms with Crippen LogP contribution in [0.4, 0.5) is 0 Å². The van der Waals surface area contributed by atoms with Gasteiger partial charge in [0.25, 0.3) is 0 Å². The SMILES string of the molecule is O=C(NC(C(=O)O)c1ccc2c(c1)CCO2)C1COc2ccccc21. The van der Waals surface area contributed by atoms with Gasteiger partial charge >= 0.3 is 5.97 Å². The van der Waals surface area contributed by atoms with Gasteiger partial charge in [0.15, 0.2) is 6.04 Å². The van der Waals surface area contributed by atoms with Crippen molar-refractivity contribution in [1.29, 1.82) is 0 Å². The fourth-order valence-electron chi connectivity index (χ4n) is 3.30. The third kappa shape index (κ3) is 2.80. The van der Waals surface area contributed by atoms with Gasteiger partial charge in [-0.2, -0.15) is 0 Å². The molecule has 0 saturated heterocycles. The van der Waals surface area contributed by atoms with Crippen LogP contribution in [0.5, 0.6) is 11.5 Å². The van der Waals surface area contributed by atoms with Gasteiger partial charge in [-0.1, -0.05) is 24.3 Å². The van der Waals surface area contributed by atoms with E-state index in [2.05, 4.69) is 5.32 Å². The molecule has 0 aromatic heterocycles. The maximum absolute atomic E-state index is 12.7. The number of carboxylic acid groups (broad SMARTS) is 1. The third-order valence-electron chi connectivity index (χ3n) is 4.60. The molecule has 2 aliphatic heterocycles. The molecule has 2 heterocycles. The summed E-state index contributed by atoms with van der Waals surface area (Å²) in [6, 6.07) is 11.4. The number of carbonyl (C=O) groups excluding carboxylic acids is 1. The van der Waals surface area contributed by atoms with Gasteiger partial charge in [-0.15, -0.1) is 0 Å². The quantitative estimate of drug-likeness (QED) is 0.890. The third-order valence-corrected chi connectivity index (χ3v) is 4.60. The van der Waals surface area contributed by atoms with Crippen molar-refractivity contribution in [2.24, 2.45) is 0 Å². The lowest BCUT2D eigenvalue weighted by atomic mass is 9.98. The molecule has 2 aromatic carbocycles. The number of aliphatic carboxylic acids is 1. The Morgan fingerprint density at radius 2 is 1.96 bits per heavy atom. The van der Waals surface area contributed by atoms with E-state index in [0.717, 1.165) is 23.3 Å². The maximum Gasteiger partial charge on any atom is 0.330 e. The summed E-state index contributed by atoms with van der Waals surface area (Å²) in [5.41, 5.74) is 2.29. The van der Waals surface area contributed by atoms with Crippen LogP contribution < -0.4 is 14.8 Å². The Labute approximate surface area is 144 Å². The van der Waals surface area contributed by atoms with E-state index < -0.39 is 17.9 Å². The molecule has 0 saturated carbocycles. The highest BCUT2D eigenvalue weighted by Gasteiger charge is 2.33. The van der Waals surface area contributed by atoms with Gasteiger partial charge in [-0.25, -0.2) is 4.79 Å². The van der Waals surface area contributed by atoms with E-state index >= 15 is 0 Å². The van der Waals surface area contributed by atoms with Crippen molar-refractivity contribution in [3.8, 4) is 11.5 Å². The number of carboxylic acids is 1. The predicted molar refractivity (Wildman–Crippen MR) is 88.8 cm³/mol. The highest BCUT2D eigenvalue weighted by molar-refractivity contribution is 5.90. The molecular weight excluding hydrogens is 322 g/mol. The summed E-state index contributed by atoms with van der Waals surface area (Å²) in [5.74, 6) is -0.508. The van der Waals surface area contributed by atoms with E-state index in [0.29, 0.717) is 17.9 Å². The van der Waals surface area contributed by atoms with Crippen LogP contribution in [0.15, 0.2) is 42.5 Å². The number of benzene rings is 2. The van der Waals surface area contributed by atoms with Crippen molar-refractivity contribution in [2.75, 3.05) is 13.2 Å². The minimum absolute atomic E-state index is 0.218. The van der Waals surface area contributed by atoms with E-state index in [9.17, 15) is 14.7 Å². The van der Waals surface area contributed by atoms with Crippen LogP contribution in [0.25, 0.3) is 0 Å². The number of hydrogen-bond donors (Lipinski definition) is 2. The fourth-order valence-corrected chi connectivity index (χ4v) is 3.30. The van der Waals surface area contributed by atoms with E-state index in [4.69, 9.17) is 9.47 Å². The van der Waals surface area contributed by atoms with Crippen LogP contribution in [0.2, 0.25) is 0 Å². The number of hydrogen-bond acceptors (Lipinski definition) is 4. The number of rotatable bonds is 4. The van der Waals surface area contributed by atoms with E-state index in [-0.39, 0.29) is 12.5 Å². The van der Waals surface area contributed by atoms with E-state index in [1.165, 1.54) is 0 Å². The zero-order valence-corrected chi connectivity index (χ0v) is 13.4. The fraction of sp³-hybridized carbons (Fsp3) is 0.263. The van der Waals surface area contributed by atoms with Crippen molar-refractivity contribution < 1.29 is 24.2 Å². The normalized spacial score (nSPS) is 18.5. The summed E-state index contributed by atoms with van der Waals surface area (Å²) in [4.78, 5) is 24.4. The van der Waals surface area contributed by atoms with Gasteiger partial charge in [-0.3, -0.25) is 4.79 Å². The Bertz CT molecular complexity index is 847. The Kier molecular flexibility index (Phi) is 3.80. The number of amides is 1. The van der Waals surface area contributed by atoms with Crippen LogP contribution in [0, 0.1) is 0 Å². The molecule has 2 aliphatic rings. The topological polar surface area (TPSA) is 84.9 Å². The molecule has 2 N–H and O–H groups in total. The molecule has 0 aliphatic carbocycles. The lowest BCUT2D eigenvalue weighted by molar-refractivity contribution is -0.142. The van der Waals surface area contributed by atoms with Crippen LogP contribution in [-0.4, -0.2) is 30.2 Å². The van der Waals surface area contributed by atoms with Crippen molar-refractivity contribution in [2.45, 2.75) is 18.4 Å².